The Labute approximate surface area is 90.2 Å². The summed E-state index contributed by atoms with van der Waals surface area (Å²) >= 11 is 0. The molecule has 0 aromatic heterocycles. The van der Waals surface area contributed by atoms with Gasteiger partial charge in [-0.15, -0.1) is 0 Å². The number of aliphatic hydroxyl groups excluding tert-OH is 1. The minimum Gasteiger partial charge on any atom is -0.368 e. The van der Waals surface area contributed by atoms with Gasteiger partial charge in [-0.3, -0.25) is 0 Å². The second-order valence-electron chi connectivity index (χ2n) is 3.83. The summed E-state index contributed by atoms with van der Waals surface area (Å²) in [5.41, 5.74) is 1.17. The topological polar surface area (TPSA) is 29.5 Å². The standard InChI is InChI=1S/C13H16O2/c14-13-8-4-7-12(15-13)10-9-11-5-2-1-3-6-11/h1-3,5-6,9-10,12-14H,4,7-8H2. The quantitative estimate of drug-likeness (QED) is 0.802. The zero-order valence-electron chi connectivity index (χ0n) is 8.67. The Hall–Kier alpha value is -1.12. The largest absolute Gasteiger partial charge is 0.368 e. The highest BCUT2D eigenvalue weighted by atomic mass is 16.6. The molecule has 0 amide bonds. The van der Waals surface area contributed by atoms with Crippen molar-refractivity contribution in [2.24, 2.45) is 0 Å². The lowest BCUT2D eigenvalue weighted by Gasteiger charge is -2.24. The van der Waals surface area contributed by atoms with E-state index in [0.717, 1.165) is 19.3 Å². The Balaban J connectivity index is 1.93. The third kappa shape index (κ3) is 3.18. The van der Waals surface area contributed by atoms with Gasteiger partial charge in [0.15, 0.2) is 6.29 Å². The van der Waals surface area contributed by atoms with Crippen LogP contribution in [0, 0.1) is 0 Å². The molecular weight excluding hydrogens is 188 g/mol. The highest BCUT2D eigenvalue weighted by Gasteiger charge is 2.17. The van der Waals surface area contributed by atoms with E-state index in [1.165, 1.54) is 5.56 Å². The first-order valence-corrected chi connectivity index (χ1v) is 5.41. The van der Waals surface area contributed by atoms with E-state index in [2.05, 4.69) is 12.1 Å². The Morgan fingerprint density at radius 1 is 1.20 bits per heavy atom. The maximum absolute atomic E-state index is 9.32. The first-order chi connectivity index (χ1) is 7.34. The molecular formula is C13H16O2. The van der Waals surface area contributed by atoms with Crippen LogP contribution in [0.5, 0.6) is 0 Å². The highest BCUT2D eigenvalue weighted by Crippen LogP contribution is 2.18. The fourth-order valence-corrected chi connectivity index (χ4v) is 1.76. The van der Waals surface area contributed by atoms with Crippen LogP contribution in [-0.4, -0.2) is 17.5 Å². The van der Waals surface area contributed by atoms with E-state index in [-0.39, 0.29) is 6.10 Å². The van der Waals surface area contributed by atoms with Gasteiger partial charge in [-0.25, -0.2) is 0 Å². The van der Waals surface area contributed by atoms with Crippen LogP contribution in [0.15, 0.2) is 36.4 Å². The minimum atomic E-state index is -0.579. The number of hydrogen-bond donors (Lipinski definition) is 1. The van der Waals surface area contributed by atoms with Crippen molar-refractivity contribution in [3.8, 4) is 0 Å². The summed E-state index contributed by atoms with van der Waals surface area (Å²) in [5, 5.41) is 9.32. The molecule has 0 saturated carbocycles. The molecule has 0 aliphatic carbocycles. The molecule has 1 fully saturated rings. The van der Waals surface area contributed by atoms with Crippen molar-refractivity contribution in [3.05, 3.63) is 42.0 Å². The SMILES string of the molecule is OC1CCCC(C=Cc2ccccc2)O1. The monoisotopic (exact) mass is 204 g/mol. The van der Waals surface area contributed by atoms with Gasteiger partial charge in [-0.1, -0.05) is 42.5 Å². The third-order valence-electron chi connectivity index (χ3n) is 2.57. The van der Waals surface area contributed by atoms with E-state index in [9.17, 15) is 5.11 Å². The van der Waals surface area contributed by atoms with Crippen LogP contribution in [0.2, 0.25) is 0 Å². The number of benzene rings is 1. The minimum absolute atomic E-state index is 0.0638. The Bertz CT molecular complexity index is 319. The summed E-state index contributed by atoms with van der Waals surface area (Å²) in [6.45, 7) is 0. The summed E-state index contributed by atoms with van der Waals surface area (Å²) in [5.74, 6) is 0. The highest BCUT2D eigenvalue weighted by molar-refractivity contribution is 5.49. The lowest BCUT2D eigenvalue weighted by molar-refractivity contribution is -0.147. The fraction of sp³-hybridized carbons (Fsp3) is 0.385. The first kappa shape index (κ1) is 10.4. The predicted molar refractivity (Wildman–Crippen MR) is 60.2 cm³/mol. The normalized spacial score (nSPS) is 27.0. The molecule has 1 aromatic carbocycles. The van der Waals surface area contributed by atoms with E-state index in [0.29, 0.717) is 0 Å². The van der Waals surface area contributed by atoms with Gasteiger partial charge in [0, 0.05) is 0 Å². The summed E-state index contributed by atoms with van der Waals surface area (Å²) in [7, 11) is 0. The number of ether oxygens (including phenoxy) is 1. The van der Waals surface area contributed by atoms with E-state index in [1.54, 1.807) is 0 Å². The molecule has 2 atom stereocenters. The molecule has 0 bridgehead atoms. The zero-order chi connectivity index (χ0) is 10.5. The molecule has 0 radical (unpaired) electrons. The van der Waals surface area contributed by atoms with Crippen LogP contribution < -0.4 is 0 Å². The molecule has 1 aromatic rings. The second-order valence-corrected chi connectivity index (χ2v) is 3.83. The Kier molecular flexibility index (Phi) is 3.54. The second kappa shape index (κ2) is 5.10. The van der Waals surface area contributed by atoms with Crippen molar-refractivity contribution < 1.29 is 9.84 Å². The molecule has 1 aliphatic heterocycles. The predicted octanol–water partition coefficient (Wildman–Crippen LogP) is 2.59. The molecule has 2 nitrogen and oxygen atoms in total. The van der Waals surface area contributed by atoms with Gasteiger partial charge < -0.3 is 9.84 Å². The molecule has 1 N–H and O–H groups in total. The molecule has 2 unspecified atom stereocenters. The van der Waals surface area contributed by atoms with Gasteiger partial charge in [-0.2, -0.15) is 0 Å². The van der Waals surface area contributed by atoms with Gasteiger partial charge in [0.2, 0.25) is 0 Å². The Morgan fingerprint density at radius 2 is 2.00 bits per heavy atom. The zero-order valence-corrected chi connectivity index (χ0v) is 8.67. The van der Waals surface area contributed by atoms with Crippen LogP contribution >= 0.6 is 0 Å². The van der Waals surface area contributed by atoms with Crippen LogP contribution in [0.3, 0.4) is 0 Å². The average Bonchev–Trinajstić information content (AvgIpc) is 2.28. The van der Waals surface area contributed by atoms with Gasteiger partial charge in [0.1, 0.15) is 0 Å². The van der Waals surface area contributed by atoms with E-state index < -0.39 is 6.29 Å². The van der Waals surface area contributed by atoms with Crippen molar-refractivity contribution in [2.45, 2.75) is 31.7 Å². The summed E-state index contributed by atoms with van der Waals surface area (Å²) in [4.78, 5) is 0. The van der Waals surface area contributed by atoms with Gasteiger partial charge in [-0.05, 0) is 24.8 Å². The molecule has 15 heavy (non-hydrogen) atoms. The van der Waals surface area contributed by atoms with Crippen molar-refractivity contribution in [3.63, 3.8) is 0 Å². The molecule has 2 heteroatoms. The maximum Gasteiger partial charge on any atom is 0.155 e. The van der Waals surface area contributed by atoms with Crippen LogP contribution in [0.1, 0.15) is 24.8 Å². The number of hydrogen-bond acceptors (Lipinski definition) is 2. The first-order valence-electron chi connectivity index (χ1n) is 5.41. The lowest BCUT2D eigenvalue weighted by Crippen LogP contribution is -2.25. The summed E-state index contributed by atoms with van der Waals surface area (Å²) in [6.07, 6.45) is 6.35. The van der Waals surface area contributed by atoms with E-state index in [1.807, 2.05) is 30.4 Å². The Morgan fingerprint density at radius 3 is 2.73 bits per heavy atom. The number of rotatable bonds is 2. The van der Waals surface area contributed by atoms with Crippen molar-refractivity contribution >= 4 is 6.08 Å². The van der Waals surface area contributed by atoms with E-state index >= 15 is 0 Å². The van der Waals surface area contributed by atoms with Crippen LogP contribution in [0.25, 0.3) is 6.08 Å². The number of aliphatic hydroxyl groups is 1. The van der Waals surface area contributed by atoms with Gasteiger partial charge in [0.25, 0.3) is 0 Å². The third-order valence-corrected chi connectivity index (χ3v) is 2.57. The van der Waals surface area contributed by atoms with Crippen molar-refractivity contribution in [1.82, 2.24) is 0 Å². The van der Waals surface area contributed by atoms with Crippen LogP contribution in [0.4, 0.5) is 0 Å². The van der Waals surface area contributed by atoms with Crippen molar-refractivity contribution in [2.75, 3.05) is 0 Å². The molecule has 1 aliphatic rings. The van der Waals surface area contributed by atoms with E-state index in [4.69, 9.17) is 4.74 Å². The molecule has 2 rings (SSSR count). The van der Waals surface area contributed by atoms with Gasteiger partial charge in [0.05, 0.1) is 6.10 Å². The van der Waals surface area contributed by atoms with Crippen molar-refractivity contribution in [1.29, 1.82) is 0 Å². The fourth-order valence-electron chi connectivity index (χ4n) is 1.76. The summed E-state index contributed by atoms with van der Waals surface area (Å²) in [6, 6.07) is 10.1. The average molecular weight is 204 g/mol. The molecule has 0 spiro atoms. The smallest absolute Gasteiger partial charge is 0.155 e. The van der Waals surface area contributed by atoms with Gasteiger partial charge >= 0.3 is 0 Å². The maximum atomic E-state index is 9.32. The van der Waals surface area contributed by atoms with Crippen LogP contribution in [-0.2, 0) is 4.74 Å². The lowest BCUT2D eigenvalue weighted by atomic mass is 10.1. The molecule has 80 valence electrons. The summed E-state index contributed by atoms with van der Waals surface area (Å²) < 4.78 is 5.38. The molecule has 1 saturated heterocycles. The molecule has 1 heterocycles.